The maximum Gasteiger partial charge on any atom is 0.259 e. The topological polar surface area (TPSA) is 74.8 Å². The Morgan fingerprint density at radius 2 is 2.08 bits per heavy atom. The number of aromatic amines is 1. The Morgan fingerprint density at radius 1 is 1.29 bits per heavy atom. The molecule has 1 amide bonds. The third-order valence-electron chi connectivity index (χ3n) is 3.37. The number of halogens is 1. The average Bonchev–Trinajstić information content (AvgIpc) is 2.56. The molecule has 0 bridgehead atoms. The van der Waals surface area contributed by atoms with Gasteiger partial charge in [0.2, 0.25) is 5.91 Å². The Balaban J connectivity index is 1.68. The highest BCUT2D eigenvalue weighted by molar-refractivity contribution is 7.99. The van der Waals surface area contributed by atoms with Crippen LogP contribution in [0.15, 0.2) is 52.4 Å². The Morgan fingerprint density at radius 3 is 2.88 bits per heavy atom. The predicted octanol–water partition coefficient (Wildman–Crippen LogP) is 3.62. The second-order valence-electron chi connectivity index (χ2n) is 5.19. The quantitative estimate of drug-likeness (QED) is 0.551. The van der Waals surface area contributed by atoms with Crippen molar-refractivity contribution in [2.75, 3.05) is 11.1 Å². The monoisotopic (exact) mass is 359 g/mol. The molecule has 0 fully saturated rings. The molecule has 0 saturated heterocycles. The van der Waals surface area contributed by atoms with Crippen molar-refractivity contribution < 1.29 is 4.79 Å². The van der Waals surface area contributed by atoms with Crippen LogP contribution >= 0.6 is 23.4 Å². The van der Waals surface area contributed by atoms with Crippen molar-refractivity contribution in [1.82, 2.24) is 9.97 Å². The van der Waals surface area contributed by atoms with Gasteiger partial charge >= 0.3 is 0 Å². The standard InChI is InChI=1S/C17H14ClN3O2S/c1-10-8-11(6-7-13(10)18)19-15(22)9-24-17-20-14-5-3-2-4-12(14)16(23)21-17/h2-8H,9H2,1H3,(H,19,22)(H,20,21,23). The van der Waals surface area contributed by atoms with E-state index in [0.717, 1.165) is 5.56 Å². The van der Waals surface area contributed by atoms with E-state index >= 15 is 0 Å². The summed E-state index contributed by atoms with van der Waals surface area (Å²) in [5, 5.41) is 4.40. The molecule has 7 heteroatoms. The van der Waals surface area contributed by atoms with Crippen LogP contribution in [-0.4, -0.2) is 21.6 Å². The van der Waals surface area contributed by atoms with Crippen LogP contribution in [0, 0.1) is 6.92 Å². The minimum atomic E-state index is -0.211. The summed E-state index contributed by atoms with van der Waals surface area (Å²) in [6.45, 7) is 1.87. The van der Waals surface area contributed by atoms with E-state index in [1.165, 1.54) is 11.8 Å². The summed E-state index contributed by atoms with van der Waals surface area (Å²) < 4.78 is 0. The van der Waals surface area contributed by atoms with Crippen molar-refractivity contribution in [2.45, 2.75) is 12.1 Å². The highest BCUT2D eigenvalue weighted by atomic mass is 35.5. The normalized spacial score (nSPS) is 10.8. The van der Waals surface area contributed by atoms with Crippen molar-refractivity contribution >= 4 is 45.9 Å². The van der Waals surface area contributed by atoms with Crippen LogP contribution < -0.4 is 10.9 Å². The van der Waals surface area contributed by atoms with Gasteiger partial charge < -0.3 is 10.3 Å². The fourth-order valence-corrected chi connectivity index (χ4v) is 2.97. The Bertz CT molecular complexity index is 971. The molecule has 122 valence electrons. The van der Waals surface area contributed by atoms with Gasteiger partial charge in [-0.25, -0.2) is 4.98 Å². The molecule has 2 N–H and O–H groups in total. The second-order valence-corrected chi connectivity index (χ2v) is 6.56. The number of carbonyl (C=O) groups excluding carboxylic acids is 1. The molecular weight excluding hydrogens is 346 g/mol. The van der Waals surface area contributed by atoms with Crippen molar-refractivity contribution in [3.8, 4) is 0 Å². The summed E-state index contributed by atoms with van der Waals surface area (Å²) in [7, 11) is 0. The van der Waals surface area contributed by atoms with Gasteiger partial charge in [0.05, 0.1) is 16.7 Å². The molecule has 0 atom stereocenters. The number of para-hydroxylation sites is 1. The van der Waals surface area contributed by atoms with Crippen molar-refractivity contribution in [3.05, 3.63) is 63.4 Å². The van der Waals surface area contributed by atoms with Gasteiger partial charge in [-0.1, -0.05) is 35.5 Å². The molecule has 0 aliphatic rings. The number of hydrogen-bond donors (Lipinski definition) is 2. The number of anilines is 1. The van der Waals surface area contributed by atoms with E-state index < -0.39 is 0 Å². The number of nitrogens with zero attached hydrogens (tertiary/aromatic N) is 1. The molecule has 0 spiro atoms. The van der Waals surface area contributed by atoms with Crippen LogP contribution in [0.5, 0.6) is 0 Å². The molecule has 1 heterocycles. The number of nitrogens with one attached hydrogen (secondary N) is 2. The van der Waals surface area contributed by atoms with Crippen LogP contribution in [0.3, 0.4) is 0 Å². The van der Waals surface area contributed by atoms with Crippen molar-refractivity contribution in [1.29, 1.82) is 0 Å². The van der Waals surface area contributed by atoms with Gasteiger partial charge in [0, 0.05) is 10.7 Å². The summed E-state index contributed by atoms with van der Waals surface area (Å²) in [5.41, 5.74) is 1.97. The lowest BCUT2D eigenvalue weighted by Gasteiger charge is -2.07. The molecule has 0 saturated carbocycles. The highest BCUT2D eigenvalue weighted by Gasteiger charge is 2.08. The van der Waals surface area contributed by atoms with Gasteiger partial charge in [0.15, 0.2) is 5.16 Å². The SMILES string of the molecule is Cc1cc(NC(=O)CSc2nc3ccccc3c(=O)[nH]2)ccc1Cl. The molecule has 5 nitrogen and oxygen atoms in total. The Labute approximate surface area is 147 Å². The van der Waals surface area contributed by atoms with Crippen LogP contribution in [0.2, 0.25) is 5.02 Å². The molecule has 0 aliphatic carbocycles. The molecule has 3 aromatic rings. The summed E-state index contributed by atoms with van der Waals surface area (Å²) >= 11 is 7.14. The molecule has 1 aromatic heterocycles. The smallest absolute Gasteiger partial charge is 0.259 e. The minimum absolute atomic E-state index is 0.142. The Kier molecular flexibility index (Phi) is 4.87. The van der Waals surface area contributed by atoms with E-state index in [1.807, 2.05) is 13.0 Å². The summed E-state index contributed by atoms with van der Waals surface area (Å²) in [4.78, 5) is 31.1. The number of H-pyrrole nitrogens is 1. The largest absolute Gasteiger partial charge is 0.325 e. The minimum Gasteiger partial charge on any atom is -0.325 e. The maximum absolute atomic E-state index is 12.0. The number of hydrogen-bond acceptors (Lipinski definition) is 4. The van der Waals surface area contributed by atoms with E-state index in [1.54, 1.807) is 36.4 Å². The number of benzene rings is 2. The van der Waals surface area contributed by atoms with Crippen LogP contribution in [-0.2, 0) is 4.79 Å². The third kappa shape index (κ3) is 3.77. The molecular formula is C17H14ClN3O2S. The molecule has 3 rings (SSSR count). The van der Waals surface area contributed by atoms with Gasteiger partial charge in [0.1, 0.15) is 0 Å². The lowest BCUT2D eigenvalue weighted by atomic mass is 10.2. The lowest BCUT2D eigenvalue weighted by molar-refractivity contribution is -0.113. The lowest BCUT2D eigenvalue weighted by Crippen LogP contribution is -2.15. The van der Waals surface area contributed by atoms with Gasteiger partial charge in [-0.15, -0.1) is 0 Å². The number of rotatable bonds is 4. The van der Waals surface area contributed by atoms with Crippen molar-refractivity contribution in [2.24, 2.45) is 0 Å². The molecule has 0 radical (unpaired) electrons. The summed E-state index contributed by atoms with van der Waals surface area (Å²) in [5.74, 6) is -0.0410. The van der Waals surface area contributed by atoms with Gasteiger partial charge in [-0.05, 0) is 42.8 Å². The van der Waals surface area contributed by atoms with E-state index in [9.17, 15) is 9.59 Å². The van der Waals surface area contributed by atoms with Crippen LogP contribution in [0.4, 0.5) is 5.69 Å². The molecule has 24 heavy (non-hydrogen) atoms. The third-order valence-corrected chi connectivity index (χ3v) is 4.67. The van der Waals surface area contributed by atoms with E-state index in [0.29, 0.717) is 26.8 Å². The zero-order chi connectivity index (χ0) is 17.1. The second kappa shape index (κ2) is 7.07. The molecule has 2 aromatic carbocycles. The fourth-order valence-electron chi connectivity index (χ4n) is 2.19. The number of fused-ring (bicyclic) bond motifs is 1. The molecule has 0 unspecified atom stereocenters. The van der Waals surface area contributed by atoms with Gasteiger partial charge in [-0.3, -0.25) is 9.59 Å². The first kappa shape index (κ1) is 16.5. The zero-order valence-corrected chi connectivity index (χ0v) is 14.4. The van der Waals surface area contributed by atoms with E-state index in [-0.39, 0.29) is 17.2 Å². The Hall–Kier alpha value is -2.31. The predicted molar refractivity (Wildman–Crippen MR) is 97.9 cm³/mol. The first-order chi connectivity index (χ1) is 11.5. The molecule has 0 aliphatic heterocycles. The maximum atomic E-state index is 12.0. The highest BCUT2D eigenvalue weighted by Crippen LogP contribution is 2.20. The van der Waals surface area contributed by atoms with E-state index in [2.05, 4.69) is 15.3 Å². The van der Waals surface area contributed by atoms with Crippen LogP contribution in [0.25, 0.3) is 10.9 Å². The number of amides is 1. The zero-order valence-electron chi connectivity index (χ0n) is 12.8. The summed E-state index contributed by atoms with van der Waals surface area (Å²) in [6, 6.07) is 12.4. The average molecular weight is 360 g/mol. The number of carbonyl (C=O) groups is 1. The van der Waals surface area contributed by atoms with Gasteiger partial charge in [-0.2, -0.15) is 0 Å². The number of aromatic nitrogens is 2. The van der Waals surface area contributed by atoms with Crippen molar-refractivity contribution in [3.63, 3.8) is 0 Å². The van der Waals surface area contributed by atoms with Crippen LogP contribution in [0.1, 0.15) is 5.56 Å². The first-order valence-electron chi connectivity index (χ1n) is 7.21. The van der Waals surface area contributed by atoms with E-state index in [4.69, 9.17) is 11.6 Å². The summed E-state index contributed by atoms with van der Waals surface area (Å²) in [6.07, 6.45) is 0. The van der Waals surface area contributed by atoms with Gasteiger partial charge in [0.25, 0.3) is 5.56 Å². The number of aryl methyl sites for hydroxylation is 1. The fraction of sp³-hybridized carbons (Fsp3) is 0.118. The number of thioether (sulfide) groups is 1. The first-order valence-corrected chi connectivity index (χ1v) is 8.57.